The van der Waals surface area contributed by atoms with E-state index in [0.29, 0.717) is 35.7 Å². The van der Waals surface area contributed by atoms with Gasteiger partial charge in [-0.05, 0) is 68.7 Å². The maximum atomic E-state index is 13.2. The van der Waals surface area contributed by atoms with Crippen molar-refractivity contribution < 1.29 is 27.5 Å². The Morgan fingerprint density at radius 3 is 2.33 bits per heavy atom. The number of nitrogens with one attached hydrogen (secondary N) is 1. The predicted octanol–water partition coefficient (Wildman–Crippen LogP) is 4.00. The van der Waals surface area contributed by atoms with Crippen LogP contribution in [0.5, 0.6) is 5.75 Å². The summed E-state index contributed by atoms with van der Waals surface area (Å²) in [5.74, 6) is -0.374. The molecule has 0 saturated carbocycles. The van der Waals surface area contributed by atoms with Crippen LogP contribution >= 0.6 is 0 Å². The van der Waals surface area contributed by atoms with Crippen LogP contribution in [0.15, 0.2) is 41.3 Å². The average Bonchev–Trinajstić information content (AvgIpc) is 3.09. The van der Waals surface area contributed by atoms with Gasteiger partial charge in [0, 0.05) is 13.1 Å². The van der Waals surface area contributed by atoms with Gasteiger partial charge in [-0.25, -0.2) is 13.2 Å². The average molecular weight is 475 g/mol. The molecule has 1 fully saturated rings. The summed E-state index contributed by atoms with van der Waals surface area (Å²) >= 11 is 0. The molecular formula is C24H30N2O6S. The summed E-state index contributed by atoms with van der Waals surface area (Å²) in [6.45, 7) is 4.95. The fourth-order valence-corrected chi connectivity index (χ4v) is 4.95. The maximum Gasteiger partial charge on any atom is 0.338 e. The third kappa shape index (κ3) is 5.84. The van der Waals surface area contributed by atoms with Crippen molar-refractivity contribution in [1.29, 1.82) is 0 Å². The molecule has 0 bridgehead atoms. The Morgan fingerprint density at radius 2 is 1.73 bits per heavy atom. The molecular weight excluding hydrogens is 444 g/mol. The van der Waals surface area contributed by atoms with Crippen LogP contribution in [0, 0.1) is 6.92 Å². The van der Waals surface area contributed by atoms with Crippen molar-refractivity contribution in [3.63, 3.8) is 0 Å². The van der Waals surface area contributed by atoms with Crippen LogP contribution in [-0.4, -0.2) is 52.0 Å². The molecule has 1 N–H and O–H groups in total. The fourth-order valence-electron chi connectivity index (χ4n) is 3.79. The molecule has 2 aromatic carbocycles. The van der Waals surface area contributed by atoms with Crippen molar-refractivity contribution in [1.82, 2.24) is 4.90 Å². The Balaban J connectivity index is 1.88. The van der Waals surface area contributed by atoms with Gasteiger partial charge >= 0.3 is 5.97 Å². The molecule has 8 nitrogen and oxygen atoms in total. The lowest BCUT2D eigenvalue weighted by molar-refractivity contribution is 0.0526. The van der Waals surface area contributed by atoms with Gasteiger partial charge in [0.2, 0.25) is 0 Å². The quantitative estimate of drug-likeness (QED) is 0.609. The summed E-state index contributed by atoms with van der Waals surface area (Å²) in [5.41, 5.74) is 1.46. The molecule has 0 aromatic heterocycles. The molecule has 2 aromatic rings. The summed E-state index contributed by atoms with van der Waals surface area (Å²) in [5, 5.41) is 0. The largest absolute Gasteiger partial charge is 0.496 e. The minimum absolute atomic E-state index is 0.0460. The molecule has 0 atom stereocenters. The third-order valence-corrected chi connectivity index (χ3v) is 6.95. The zero-order valence-corrected chi connectivity index (χ0v) is 20.0. The molecule has 1 saturated heterocycles. The van der Waals surface area contributed by atoms with Crippen molar-refractivity contribution in [2.75, 3.05) is 31.5 Å². The highest BCUT2D eigenvalue weighted by Crippen LogP contribution is 2.27. The Labute approximate surface area is 194 Å². The van der Waals surface area contributed by atoms with Crippen molar-refractivity contribution in [3.05, 3.63) is 53.1 Å². The molecule has 1 aliphatic rings. The standard InChI is InChI=1S/C24H30N2O6S/c1-4-32-24(28)18-9-11-21(17(2)15-18)25-33(29,30)19-10-12-22(31-3)20(16-19)23(27)26-13-7-5-6-8-14-26/h9-12,15-16,25H,4-8,13-14H2,1-3H3. The highest BCUT2D eigenvalue weighted by molar-refractivity contribution is 7.92. The lowest BCUT2D eigenvalue weighted by atomic mass is 10.1. The van der Waals surface area contributed by atoms with Gasteiger partial charge in [0.05, 0.1) is 35.4 Å². The molecule has 1 heterocycles. The Morgan fingerprint density at radius 1 is 1.03 bits per heavy atom. The molecule has 1 amide bonds. The first-order chi connectivity index (χ1) is 15.8. The first kappa shape index (κ1) is 24.6. The number of carbonyl (C=O) groups is 2. The first-order valence-electron chi connectivity index (χ1n) is 11.0. The summed E-state index contributed by atoms with van der Waals surface area (Å²) in [6, 6.07) is 8.85. The van der Waals surface area contributed by atoms with Crippen molar-refractivity contribution in [3.8, 4) is 5.75 Å². The Hall–Kier alpha value is -3.07. The number of aryl methyl sites for hydroxylation is 1. The Kier molecular flexibility index (Phi) is 7.97. The number of likely N-dealkylation sites (tertiary alicyclic amines) is 1. The second-order valence-electron chi connectivity index (χ2n) is 7.92. The van der Waals surface area contributed by atoms with Gasteiger partial charge in [0.1, 0.15) is 5.75 Å². The highest BCUT2D eigenvalue weighted by atomic mass is 32.2. The van der Waals surface area contributed by atoms with Crippen molar-refractivity contribution >= 4 is 27.6 Å². The molecule has 0 aliphatic carbocycles. The molecule has 0 radical (unpaired) electrons. The van der Waals surface area contributed by atoms with Crippen LogP contribution in [0.25, 0.3) is 0 Å². The van der Waals surface area contributed by atoms with E-state index < -0.39 is 16.0 Å². The number of sulfonamides is 1. The molecule has 178 valence electrons. The summed E-state index contributed by atoms with van der Waals surface area (Å²) in [6.07, 6.45) is 4.00. The van der Waals surface area contributed by atoms with Gasteiger partial charge in [-0.3, -0.25) is 9.52 Å². The van der Waals surface area contributed by atoms with Gasteiger partial charge in [-0.2, -0.15) is 0 Å². The molecule has 1 aliphatic heterocycles. The van der Waals surface area contributed by atoms with E-state index in [0.717, 1.165) is 25.7 Å². The van der Waals surface area contributed by atoms with Crippen molar-refractivity contribution in [2.24, 2.45) is 0 Å². The number of carbonyl (C=O) groups excluding carboxylic acids is 2. The Bertz CT molecular complexity index is 1120. The number of anilines is 1. The second kappa shape index (κ2) is 10.7. The number of amides is 1. The second-order valence-corrected chi connectivity index (χ2v) is 9.61. The SMILES string of the molecule is CCOC(=O)c1ccc(NS(=O)(=O)c2ccc(OC)c(C(=O)N3CCCCCC3)c2)c(C)c1. The van der Waals surface area contributed by atoms with Crippen molar-refractivity contribution in [2.45, 2.75) is 44.4 Å². The predicted molar refractivity (Wildman–Crippen MR) is 125 cm³/mol. The molecule has 3 rings (SSSR count). The first-order valence-corrected chi connectivity index (χ1v) is 12.5. The molecule has 33 heavy (non-hydrogen) atoms. The number of nitrogens with zero attached hydrogens (tertiary/aromatic N) is 1. The van der Waals surface area contributed by atoms with Gasteiger partial charge < -0.3 is 14.4 Å². The lowest BCUT2D eigenvalue weighted by Gasteiger charge is -2.22. The van der Waals surface area contributed by atoms with E-state index in [2.05, 4.69) is 4.72 Å². The maximum absolute atomic E-state index is 13.2. The van der Waals surface area contributed by atoms with Gasteiger partial charge in [0.25, 0.3) is 15.9 Å². The number of hydrogen-bond donors (Lipinski definition) is 1. The lowest BCUT2D eigenvalue weighted by Crippen LogP contribution is -2.32. The fraction of sp³-hybridized carbons (Fsp3) is 0.417. The van der Waals surface area contributed by atoms with Gasteiger partial charge in [0.15, 0.2) is 0 Å². The molecule has 0 unspecified atom stereocenters. The van der Waals surface area contributed by atoms with E-state index in [4.69, 9.17) is 9.47 Å². The minimum atomic E-state index is -3.99. The summed E-state index contributed by atoms with van der Waals surface area (Å²) < 4.78 is 39.1. The smallest absolute Gasteiger partial charge is 0.338 e. The van der Waals surface area contributed by atoms with Crippen LogP contribution in [0.4, 0.5) is 5.69 Å². The van der Waals surface area contributed by atoms with Crippen LogP contribution in [-0.2, 0) is 14.8 Å². The van der Waals surface area contributed by atoms with E-state index >= 15 is 0 Å². The summed E-state index contributed by atoms with van der Waals surface area (Å²) in [7, 11) is -2.54. The van der Waals surface area contributed by atoms with E-state index in [-0.39, 0.29) is 23.0 Å². The van der Waals surface area contributed by atoms with Crippen LogP contribution in [0.1, 0.15) is 58.9 Å². The monoisotopic (exact) mass is 474 g/mol. The highest BCUT2D eigenvalue weighted by Gasteiger charge is 2.24. The number of esters is 1. The van der Waals surface area contributed by atoms with Crippen LogP contribution in [0.3, 0.4) is 0 Å². The summed E-state index contributed by atoms with van der Waals surface area (Å²) in [4.78, 5) is 26.8. The molecule has 0 spiro atoms. The van der Waals surface area contributed by atoms with Gasteiger partial charge in [-0.15, -0.1) is 0 Å². The molecule has 9 heteroatoms. The minimum Gasteiger partial charge on any atom is -0.496 e. The number of methoxy groups -OCH3 is 1. The zero-order chi connectivity index (χ0) is 24.0. The number of benzene rings is 2. The van der Waals surface area contributed by atoms with Crippen LogP contribution in [0.2, 0.25) is 0 Å². The van der Waals surface area contributed by atoms with E-state index in [1.807, 2.05) is 0 Å². The number of rotatable bonds is 7. The van der Waals surface area contributed by atoms with E-state index in [9.17, 15) is 18.0 Å². The zero-order valence-electron chi connectivity index (χ0n) is 19.2. The number of ether oxygens (including phenoxy) is 2. The van der Waals surface area contributed by atoms with Gasteiger partial charge in [-0.1, -0.05) is 12.8 Å². The number of hydrogen-bond acceptors (Lipinski definition) is 6. The van der Waals surface area contributed by atoms with E-state index in [1.54, 1.807) is 24.8 Å². The topological polar surface area (TPSA) is 102 Å². The third-order valence-electron chi connectivity index (χ3n) is 5.59. The van der Waals surface area contributed by atoms with Crippen LogP contribution < -0.4 is 9.46 Å². The van der Waals surface area contributed by atoms with E-state index in [1.165, 1.54) is 37.4 Å². The normalized spacial score (nSPS) is 14.3.